The normalized spacial score (nSPS) is 12.0. The van der Waals surface area contributed by atoms with E-state index in [2.05, 4.69) is 9.47 Å². The summed E-state index contributed by atoms with van der Waals surface area (Å²) >= 11 is 0. The molecule has 1 unspecified atom stereocenters. The highest BCUT2D eigenvalue weighted by molar-refractivity contribution is 5.95. The van der Waals surface area contributed by atoms with E-state index in [0.717, 1.165) is 5.56 Å². The molecule has 0 aromatic heterocycles. The Morgan fingerprint density at radius 1 is 1.05 bits per heavy atom. The van der Waals surface area contributed by atoms with E-state index in [-0.39, 0.29) is 12.5 Å². The van der Waals surface area contributed by atoms with Gasteiger partial charge in [0.25, 0.3) is 0 Å². The van der Waals surface area contributed by atoms with Gasteiger partial charge in [0.2, 0.25) is 0 Å². The van der Waals surface area contributed by atoms with Crippen molar-refractivity contribution in [3.05, 3.63) is 35.9 Å². The molecule has 0 fully saturated rings. The van der Waals surface area contributed by atoms with Crippen molar-refractivity contribution in [3.8, 4) is 0 Å². The van der Waals surface area contributed by atoms with Crippen molar-refractivity contribution in [1.82, 2.24) is 0 Å². The standard InChI is InChI=1S/C15H20O5/c1-11(13(14(16)18-2)15(17)19-3)9-20-10-12-7-5-4-6-8-12/h4-8,11,13H,9-10H2,1-3H3. The minimum atomic E-state index is -0.958. The summed E-state index contributed by atoms with van der Waals surface area (Å²) in [6, 6.07) is 9.67. The summed E-state index contributed by atoms with van der Waals surface area (Å²) in [6.45, 7) is 2.45. The second kappa shape index (κ2) is 8.32. The molecule has 0 aliphatic carbocycles. The van der Waals surface area contributed by atoms with E-state index in [9.17, 15) is 9.59 Å². The maximum absolute atomic E-state index is 11.6. The zero-order valence-electron chi connectivity index (χ0n) is 12.0. The molecule has 0 radical (unpaired) electrons. The molecule has 20 heavy (non-hydrogen) atoms. The van der Waals surface area contributed by atoms with Gasteiger partial charge < -0.3 is 14.2 Å². The third kappa shape index (κ3) is 4.66. The van der Waals surface area contributed by atoms with Crippen LogP contribution in [0.25, 0.3) is 0 Å². The van der Waals surface area contributed by atoms with Crippen LogP contribution in [0, 0.1) is 11.8 Å². The molecule has 0 aliphatic rings. The first-order chi connectivity index (χ1) is 9.60. The fraction of sp³-hybridized carbons (Fsp3) is 0.467. The maximum Gasteiger partial charge on any atom is 0.320 e. The van der Waals surface area contributed by atoms with Crippen molar-refractivity contribution < 1.29 is 23.8 Å². The zero-order valence-corrected chi connectivity index (χ0v) is 12.0. The molecule has 0 saturated heterocycles. The molecule has 1 rings (SSSR count). The Hall–Kier alpha value is -1.88. The molecular weight excluding hydrogens is 260 g/mol. The lowest BCUT2D eigenvalue weighted by Gasteiger charge is -2.19. The lowest BCUT2D eigenvalue weighted by molar-refractivity contribution is -0.162. The van der Waals surface area contributed by atoms with Crippen LogP contribution < -0.4 is 0 Å². The van der Waals surface area contributed by atoms with Crippen LogP contribution in [0.15, 0.2) is 30.3 Å². The minimum absolute atomic E-state index is 0.268. The van der Waals surface area contributed by atoms with Crippen molar-refractivity contribution in [1.29, 1.82) is 0 Å². The van der Waals surface area contributed by atoms with E-state index in [1.807, 2.05) is 30.3 Å². The van der Waals surface area contributed by atoms with Crippen molar-refractivity contribution in [3.63, 3.8) is 0 Å². The molecule has 0 bridgehead atoms. The highest BCUT2D eigenvalue weighted by Gasteiger charge is 2.34. The molecule has 0 N–H and O–H groups in total. The lowest BCUT2D eigenvalue weighted by Crippen LogP contribution is -2.34. The quantitative estimate of drug-likeness (QED) is 0.563. The Labute approximate surface area is 118 Å². The fourth-order valence-corrected chi connectivity index (χ4v) is 1.85. The predicted molar refractivity (Wildman–Crippen MR) is 72.8 cm³/mol. The number of methoxy groups -OCH3 is 2. The fourth-order valence-electron chi connectivity index (χ4n) is 1.85. The van der Waals surface area contributed by atoms with Crippen LogP contribution in [-0.4, -0.2) is 32.8 Å². The molecule has 1 aromatic rings. The number of benzene rings is 1. The summed E-state index contributed by atoms with van der Waals surface area (Å²) in [6.07, 6.45) is 0. The molecule has 110 valence electrons. The third-order valence-electron chi connectivity index (χ3n) is 2.97. The van der Waals surface area contributed by atoms with Gasteiger partial charge in [-0.05, 0) is 5.56 Å². The summed E-state index contributed by atoms with van der Waals surface area (Å²) in [4.78, 5) is 23.2. The molecule has 1 aromatic carbocycles. The van der Waals surface area contributed by atoms with Gasteiger partial charge in [0.1, 0.15) is 0 Å². The van der Waals surface area contributed by atoms with Gasteiger partial charge in [0.15, 0.2) is 5.92 Å². The van der Waals surface area contributed by atoms with Crippen LogP contribution in [-0.2, 0) is 30.4 Å². The van der Waals surface area contributed by atoms with Crippen LogP contribution in [0.3, 0.4) is 0 Å². The Bertz CT molecular complexity index is 413. The van der Waals surface area contributed by atoms with Crippen LogP contribution in [0.4, 0.5) is 0 Å². The number of hydrogen-bond donors (Lipinski definition) is 0. The number of hydrogen-bond acceptors (Lipinski definition) is 5. The van der Waals surface area contributed by atoms with Gasteiger partial charge in [-0.15, -0.1) is 0 Å². The first-order valence-corrected chi connectivity index (χ1v) is 6.37. The Kier molecular flexibility index (Phi) is 6.73. The molecule has 0 aliphatic heterocycles. The van der Waals surface area contributed by atoms with Crippen LogP contribution >= 0.6 is 0 Å². The molecule has 0 saturated carbocycles. The van der Waals surface area contributed by atoms with Crippen molar-refractivity contribution in [2.24, 2.45) is 11.8 Å². The van der Waals surface area contributed by atoms with Gasteiger partial charge >= 0.3 is 11.9 Å². The zero-order chi connectivity index (χ0) is 15.0. The number of esters is 2. The number of ether oxygens (including phenoxy) is 3. The summed E-state index contributed by atoms with van der Waals surface area (Å²) in [5.74, 6) is -2.49. The van der Waals surface area contributed by atoms with Gasteiger partial charge in [-0.3, -0.25) is 9.59 Å². The maximum atomic E-state index is 11.6. The molecule has 1 atom stereocenters. The van der Waals surface area contributed by atoms with Crippen LogP contribution in [0.5, 0.6) is 0 Å². The Balaban J connectivity index is 2.52. The van der Waals surface area contributed by atoms with Gasteiger partial charge in [0, 0.05) is 5.92 Å². The van der Waals surface area contributed by atoms with E-state index in [0.29, 0.717) is 6.61 Å². The molecule has 0 spiro atoms. The average Bonchev–Trinajstić information content (AvgIpc) is 2.48. The molecule has 0 amide bonds. The topological polar surface area (TPSA) is 61.8 Å². The molecule has 5 nitrogen and oxygen atoms in total. The first-order valence-electron chi connectivity index (χ1n) is 6.37. The van der Waals surface area contributed by atoms with Crippen molar-refractivity contribution in [2.75, 3.05) is 20.8 Å². The van der Waals surface area contributed by atoms with Crippen molar-refractivity contribution >= 4 is 11.9 Å². The van der Waals surface area contributed by atoms with E-state index in [1.165, 1.54) is 14.2 Å². The van der Waals surface area contributed by atoms with Gasteiger partial charge in [0.05, 0.1) is 27.4 Å². The van der Waals surface area contributed by atoms with Gasteiger partial charge in [-0.25, -0.2) is 0 Å². The highest BCUT2D eigenvalue weighted by atomic mass is 16.5. The smallest absolute Gasteiger partial charge is 0.320 e. The van der Waals surface area contributed by atoms with E-state index in [1.54, 1.807) is 6.92 Å². The monoisotopic (exact) mass is 280 g/mol. The first kappa shape index (κ1) is 16.2. The number of carbonyl (C=O) groups excluding carboxylic acids is 2. The van der Waals surface area contributed by atoms with E-state index >= 15 is 0 Å². The number of carbonyl (C=O) groups is 2. The SMILES string of the molecule is COC(=O)C(C(=O)OC)C(C)COCc1ccccc1. The average molecular weight is 280 g/mol. The van der Waals surface area contributed by atoms with E-state index in [4.69, 9.17) is 4.74 Å². The second-order valence-corrected chi connectivity index (χ2v) is 4.50. The van der Waals surface area contributed by atoms with Gasteiger partial charge in [-0.2, -0.15) is 0 Å². The lowest BCUT2D eigenvalue weighted by atomic mass is 9.95. The summed E-state index contributed by atoms with van der Waals surface area (Å²) in [7, 11) is 2.49. The predicted octanol–water partition coefficient (Wildman–Crippen LogP) is 1.80. The molecule has 0 heterocycles. The largest absolute Gasteiger partial charge is 0.468 e. The number of rotatable bonds is 7. The summed E-state index contributed by atoms with van der Waals surface area (Å²) in [5.41, 5.74) is 1.03. The highest BCUT2D eigenvalue weighted by Crippen LogP contribution is 2.16. The van der Waals surface area contributed by atoms with Crippen LogP contribution in [0.1, 0.15) is 12.5 Å². The molecule has 5 heteroatoms. The summed E-state index contributed by atoms with van der Waals surface area (Å²) < 4.78 is 14.8. The minimum Gasteiger partial charge on any atom is -0.468 e. The summed E-state index contributed by atoms with van der Waals surface area (Å²) in [5, 5.41) is 0. The van der Waals surface area contributed by atoms with Gasteiger partial charge in [-0.1, -0.05) is 37.3 Å². The Morgan fingerprint density at radius 2 is 1.60 bits per heavy atom. The van der Waals surface area contributed by atoms with Crippen molar-refractivity contribution in [2.45, 2.75) is 13.5 Å². The molecular formula is C15H20O5. The van der Waals surface area contributed by atoms with Crippen LogP contribution in [0.2, 0.25) is 0 Å². The second-order valence-electron chi connectivity index (χ2n) is 4.50. The van der Waals surface area contributed by atoms with E-state index < -0.39 is 17.9 Å². The Morgan fingerprint density at radius 3 is 2.10 bits per heavy atom. The third-order valence-corrected chi connectivity index (χ3v) is 2.97.